The first-order valence-corrected chi connectivity index (χ1v) is 6.05. The Morgan fingerprint density at radius 3 is 2.47 bits per heavy atom. The van der Waals surface area contributed by atoms with E-state index < -0.39 is 0 Å². The number of aromatic nitrogens is 2. The predicted molar refractivity (Wildman–Crippen MR) is 70.7 cm³/mol. The topological polar surface area (TPSA) is 54.7 Å². The zero-order valence-corrected chi connectivity index (χ0v) is 10.9. The monoisotopic (exact) mass is 269 g/mol. The standard InChI is InChI=1S/C12H13Cl2N3/c1-7-5-11(17-16-7)8(6-15)12-9(13)3-2-4-10(12)14/h2-5,8H,6,15H2,1H3,(H,16,17). The van der Waals surface area contributed by atoms with Gasteiger partial charge in [-0.05, 0) is 30.7 Å². The number of benzene rings is 1. The molecule has 1 atom stereocenters. The summed E-state index contributed by atoms with van der Waals surface area (Å²) in [5.74, 6) is -0.0823. The van der Waals surface area contributed by atoms with Crippen molar-refractivity contribution in [3.8, 4) is 0 Å². The second-order valence-corrected chi connectivity index (χ2v) is 4.71. The van der Waals surface area contributed by atoms with Gasteiger partial charge in [0.25, 0.3) is 0 Å². The molecular weight excluding hydrogens is 257 g/mol. The van der Waals surface area contributed by atoms with Crippen LogP contribution in [-0.4, -0.2) is 16.7 Å². The molecule has 0 saturated carbocycles. The number of aromatic amines is 1. The molecule has 0 aliphatic heterocycles. The van der Waals surface area contributed by atoms with Gasteiger partial charge in [-0.25, -0.2) is 0 Å². The maximum absolute atomic E-state index is 6.18. The summed E-state index contributed by atoms with van der Waals surface area (Å²) in [4.78, 5) is 0. The number of hydrogen-bond acceptors (Lipinski definition) is 2. The Morgan fingerprint density at radius 2 is 2.00 bits per heavy atom. The molecule has 1 unspecified atom stereocenters. The van der Waals surface area contributed by atoms with Gasteiger partial charge >= 0.3 is 0 Å². The lowest BCUT2D eigenvalue weighted by molar-refractivity contribution is 0.779. The van der Waals surface area contributed by atoms with Gasteiger partial charge < -0.3 is 5.73 Å². The van der Waals surface area contributed by atoms with E-state index >= 15 is 0 Å². The second-order valence-electron chi connectivity index (χ2n) is 3.90. The molecule has 90 valence electrons. The SMILES string of the molecule is Cc1cc(C(CN)c2c(Cl)cccc2Cl)n[nH]1. The number of hydrogen-bond donors (Lipinski definition) is 2. The summed E-state index contributed by atoms with van der Waals surface area (Å²) in [6, 6.07) is 7.39. The van der Waals surface area contributed by atoms with E-state index in [2.05, 4.69) is 10.2 Å². The number of nitrogens with zero attached hydrogens (tertiary/aromatic N) is 1. The first kappa shape index (κ1) is 12.4. The van der Waals surface area contributed by atoms with E-state index in [4.69, 9.17) is 28.9 Å². The second kappa shape index (κ2) is 5.08. The van der Waals surface area contributed by atoms with Crippen molar-refractivity contribution in [2.75, 3.05) is 6.54 Å². The van der Waals surface area contributed by atoms with Gasteiger partial charge in [-0.3, -0.25) is 5.10 Å². The summed E-state index contributed by atoms with van der Waals surface area (Å²) in [5.41, 5.74) is 8.50. The van der Waals surface area contributed by atoms with E-state index in [9.17, 15) is 0 Å². The van der Waals surface area contributed by atoms with Crippen LogP contribution in [0.4, 0.5) is 0 Å². The molecule has 3 N–H and O–H groups in total. The zero-order valence-electron chi connectivity index (χ0n) is 9.37. The minimum absolute atomic E-state index is 0.0823. The maximum Gasteiger partial charge on any atom is 0.0713 e. The van der Waals surface area contributed by atoms with E-state index in [0.29, 0.717) is 16.6 Å². The highest BCUT2D eigenvalue weighted by molar-refractivity contribution is 6.36. The average molecular weight is 270 g/mol. The fourth-order valence-corrected chi connectivity index (χ4v) is 2.51. The summed E-state index contributed by atoms with van der Waals surface area (Å²) in [7, 11) is 0. The van der Waals surface area contributed by atoms with Crippen molar-refractivity contribution in [3.63, 3.8) is 0 Å². The van der Waals surface area contributed by atoms with Gasteiger partial charge in [-0.2, -0.15) is 5.10 Å². The van der Waals surface area contributed by atoms with Crippen LogP contribution in [0, 0.1) is 6.92 Å². The van der Waals surface area contributed by atoms with Gasteiger partial charge in [-0.15, -0.1) is 0 Å². The molecule has 1 heterocycles. The van der Waals surface area contributed by atoms with Crippen LogP contribution >= 0.6 is 23.2 Å². The van der Waals surface area contributed by atoms with Gasteiger partial charge in [0.1, 0.15) is 0 Å². The quantitative estimate of drug-likeness (QED) is 0.900. The minimum Gasteiger partial charge on any atom is -0.329 e. The van der Waals surface area contributed by atoms with Crippen molar-refractivity contribution >= 4 is 23.2 Å². The summed E-state index contributed by atoms with van der Waals surface area (Å²) < 4.78 is 0. The van der Waals surface area contributed by atoms with Crippen molar-refractivity contribution in [1.82, 2.24) is 10.2 Å². The average Bonchev–Trinajstić information content (AvgIpc) is 2.70. The molecule has 1 aromatic carbocycles. The molecule has 0 aliphatic rings. The Balaban J connectivity index is 2.49. The Bertz CT molecular complexity index is 502. The van der Waals surface area contributed by atoms with Gasteiger partial charge in [0, 0.05) is 28.2 Å². The molecule has 0 bridgehead atoms. The molecule has 0 saturated heterocycles. The van der Waals surface area contributed by atoms with Crippen LogP contribution in [0.3, 0.4) is 0 Å². The summed E-state index contributed by atoms with van der Waals surface area (Å²) in [5, 5.41) is 8.36. The van der Waals surface area contributed by atoms with Crippen LogP contribution in [0.5, 0.6) is 0 Å². The van der Waals surface area contributed by atoms with Crippen molar-refractivity contribution in [1.29, 1.82) is 0 Å². The lowest BCUT2D eigenvalue weighted by atomic mass is 9.95. The molecule has 0 spiro atoms. The Morgan fingerprint density at radius 1 is 1.35 bits per heavy atom. The maximum atomic E-state index is 6.18. The van der Waals surface area contributed by atoms with Crippen LogP contribution in [0.15, 0.2) is 24.3 Å². The lowest BCUT2D eigenvalue weighted by Gasteiger charge is -2.15. The number of nitrogens with two attached hydrogens (primary N) is 1. The van der Waals surface area contributed by atoms with Gasteiger partial charge in [0.15, 0.2) is 0 Å². The molecular formula is C12H13Cl2N3. The van der Waals surface area contributed by atoms with Crippen LogP contribution in [0.25, 0.3) is 0 Å². The molecule has 0 fully saturated rings. The van der Waals surface area contributed by atoms with Crippen LogP contribution in [-0.2, 0) is 0 Å². The van der Waals surface area contributed by atoms with Crippen molar-refractivity contribution in [2.24, 2.45) is 5.73 Å². The first-order chi connectivity index (χ1) is 8.13. The lowest BCUT2D eigenvalue weighted by Crippen LogP contribution is -2.15. The highest BCUT2D eigenvalue weighted by Crippen LogP contribution is 2.34. The fourth-order valence-electron chi connectivity index (χ4n) is 1.85. The number of rotatable bonds is 3. The van der Waals surface area contributed by atoms with Crippen molar-refractivity contribution in [2.45, 2.75) is 12.8 Å². The third kappa shape index (κ3) is 2.46. The van der Waals surface area contributed by atoms with E-state index in [-0.39, 0.29) is 5.92 Å². The van der Waals surface area contributed by atoms with Crippen molar-refractivity contribution in [3.05, 3.63) is 51.3 Å². The number of halogens is 2. The number of aryl methyl sites for hydroxylation is 1. The Hall–Kier alpha value is -1.03. The smallest absolute Gasteiger partial charge is 0.0713 e. The van der Waals surface area contributed by atoms with Crippen LogP contribution < -0.4 is 5.73 Å². The van der Waals surface area contributed by atoms with Gasteiger partial charge in [0.05, 0.1) is 5.69 Å². The van der Waals surface area contributed by atoms with E-state index in [1.54, 1.807) is 0 Å². The first-order valence-electron chi connectivity index (χ1n) is 5.29. The molecule has 17 heavy (non-hydrogen) atoms. The third-order valence-electron chi connectivity index (χ3n) is 2.67. The minimum atomic E-state index is -0.0823. The molecule has 0 amide bonds. The number of nitrogens with one attached hydrogen (secondary N) is 1. The van der Waals surface area contributed by atoms with E-state index in [1.807, 2.05) is 31.2 Å². The molecule has 0 aliphatic carbocycles. The van der Waals surface area contributed by atoms with Crippen molar-refractivity contribution < 1.29 is 0 Å². The van der Waals surface area contributed by atoms with Gasteiger partial charge in [-0.1, -0.05) is 29.3 Å². The number of H-pyrrole nitrogens is 1. The molecule has 2 aromatic rings. The van der Waals surface area contributed by atoms with Crippen LogP contribution in [0.2, 0.25) is 10.0 Å². The van der Waals surface area contributed by atoms with Crippen LogP contribution in [0.1, 0.15) is 22.9 Å². The molecule has 1 aromatic heterocycles. The molecule has 3 nitrogen and oxygen atoms in total. The zero-order chi connectivity index (χ0) is 12.4. The Labute approximate surface area is 110 Å². The van der Waals surface area contributed by atoms with E-state index in [1.165, 1.54) is 0 Å². The summed E-state index contributed by atoms with van der Waals surface area (Å²) in [6.07, 6.45) is 0. The van der Waals surface area contributed by atoms with E-state index in [0.717, 1.165) is 17.0 Å². The van der Waals surface area contributed by atoms with Gasteiger partial charge in [0.2, 0.25) is 0 Å². The highest BCUT2D eigenvalue weighted by atomic mass is 35.5. The predicted octanol–water partition coefficient (Wildman–Crippen LogP) is 3.12. The normalized spacial score (nSPS) is 12.7. The fraction of sp³-hybridized carbons (Fsp3) is 0.250. The molecule has 2 rings (SSSR count). The summed E-state index contributed by atoms with van der Waals surface area (Å²) >= 11 is 12.4. The largest absolute Gasteiger partial charge is 0.329 e. The molecule has 5 heteroatoms. The summed E-state index contributed by atoms with van der Waals surface area (Å²) in [6.45, 7) is 2.35. The third-order valence-corrected chi connectivity index (χ3v) is 3.33. The molecule has 0 radical (unpaired) electrons. The highest BCUT2D eigenvalue weighted by Gasteiger charge is 2.20. The Kier molecular flexibility index (Phi) is 3.72.